The summed E-state index contributed by atoms with van der Waals surface area (Å²) < 4.78 is 27.9. The lowest BCUT2D eigenvalue weighted by Crippen LogP contribution is -2.28. The summed E-state index contributed by atoms with van der Waals surface area (Å²) in [4.78, 5) is 1.41. The van der Waals surface area contributed by atoms with Gasteiger partial charge >= 0.3 is 0 Å². The zero-order valence-corrected chi connectivity index (χ0v) is 15.0. The summed E-state index contributed by atoms with van der Waals surface area (Å²) in [6.07, 6.45) is 3.42. The van der Waals surface area contributed by atoms with E-state index in [4.69, 9.17) is 0 Å². The number of nitrogens with one attached hydrogen (secondary N) is 2. The summed E-state index contributed by atoms with van der Waals surface area (Å²) in [7, 11) is -3.41. The van der Waals surface area contributed by atoms with Gasteiger partial charge in [0.05, 0.1) is 3.79 Å². The van der Waals surface area contributed by atoms with Gasteiger partial charge in [-0.15, -0.1) is 11.3 Å². The Morgan fingerprint density at radius 2 is 2.20 bits per heavy atom. The number of hydrogen-bond donors (Lipinski definition) is 2. The number of rotatable bonds is 8. The Kier molecular flexibility index (Phi) is 5.64. The maximum atomic E-state index is 12.3. The summed E-state index contributed by atoms with van der Waals surface area (Å²) >= 11 is 4.86. The Balaban J connectivity index is 2.01. The van der Waals surface area contributed by atoms with Crippen LogP contribution in [-0.2, 0) is 16.6 Å². The SMILES string of the molecule is CCC(C)CNS(=O)(=O)c1cc(CNC2CC2)sc1Br. The summed E-state index contributed by atoms with van der Waals surface area (Å²) in [6, 6.07) is 2.39. The summed E-state index contributed by atoms with van der Waals surface area (Å²) in [5, 5.41) is 3.40. The lowest BCUT2D eigenvalue weighted by atomic mass is 10.1. The minimum absolute atomic E-state index is 0.346. The van der Waals surface area contributed by atoms with Crippen LogP contribution in [-0.4, -0.2) is 21.0 Å². The third kappa shape index (κ3) is 4.53. The van der Waals surface area contributed by atoms with Crippen molar-refractivity contribution in [3.63, 3.8) is 0 Å². The van der Waals surface area contributed by atoms with Gasteiger partial charge in [-0.2, -0.15) is 0 Å². The highest BCUT2D eigenvalue weighted by molar-refractivity contribution is 9.11. The van der Waals surface area contributed by atoms with E-state index in [0.717, 1.165) is 17.8 Å². The maximum Gasteiger partial charge on any atom is 0.242 e. The minimum Gasteiger partial charge on any atom is -0.309 e. The van der Waals surface area contributed by atoms with Gasteiger partial charge in [-0.05, 0) is 40.8 Å². The highest BCUT2D eigenvalue weighted by atomic mass is 79.9. The van der Waals surface area contributed by atoms with E-state index in [1.54, 1.807) is 6.07 Å². The van der Waals surface area contributed by atoms with Crippen LogP contribution in [0.5, 0.6) is 0 Å². The zero-order valence-electron chi connectivity index (χ0n) is 11.8. The van der Waals surface area contributed by atoms with Crippen LogP contribution in [0.2, 0.25) is 0 Å². The first-order valence-electron chi connectivity index (χ1n) is 6.93. The molecule has 20 heavy (non-hydrogen) atoms. The predicted octanol–water partition coefficient (Wildman–Crippen LogP) is 3.09. The first-order chi connectivity index (χ1) is 9.42. The first-order valence-corrected chi connectivity index (χ1v) is 10.0. The molecule has 1 fully saturated rings. The second-order valence-corrected chi connectivity index (χ2v) is 9.56. The molecule has 1 heterocycles. The van der Waals surface area contributed by atoms with Gasteiger partial charge in [0.25, 0.3) is 0 Å². The smallest absolute Gasteiger partial charge is 0.242 e. The number of hydrogen-bond acceptors (Lipinski definition) is 4. The number of sulfonamides is 1. The largest absolute Gasteiger partial charge is 0.309 e. The average Bonchev–Trinajstić information content (AvgIpc) is 3.16. The predicted molar refractivity (Wildman–Crippen MR) is 86.5 cm³/mol. The van der Waals surface area contributed by atoms with E-state index in [9.17, 15) is 8.42 Å². The Hall–Kier alpha value is 0.0500. The standard InChI is InChI=1S/C13H21BrN2O2S2/c1-3-9(2)7-16-20(17,18)12-6-11(19-13(12)14)8-15-10-4-5-10/h6,9-10,15-16H,3-5,7-8H2,1-2H3. The topological polar surface area (TPSA) is 58.2 Å². The average molecular weight is 381 g/mol. The maximum absolute atomic E-state index is 12.3. The Bertz CT molecular complexity index is 553. The molecule has 1 saturated carbocycles. The van der Waals surface area contributed by atoms with Crippen molar-refractivity contribution in [2.45, 2.75) is 50.6 Å². The molecule has 1 aliphatic rings. The molecule has 0 aliphatic heterocycles. The van der Waals surface area contributed by atoms with Crippen LogP contribution in [0.4, 0.5) is 0 Å². The molecule has 7 heteroatoms. The molecule has 1 aromatic heterocycles. The van der Waals surface area contributed by atoms with Gasteiger partial charge in [0.15, 0.2) is 0 Å². The normalized spacial score (nSPS) is 17.4. The lowest BCUT2D eigenvalue weighted by molar-refractivity contribution is 0.528. The number of thiophene rings is 1. The van der Waals surface area contributed by atoms with Crippen molar-refractivity contribution in [2.75, 3.05) is 6.54 Å². The minimum atomic E-state index is -3.41. The fourth-order valence-corrected chi connectivity index (χ4v) is 5.47. The molecular weight excluding hydrogens is 360 g/mol. The van der Waals surface area contributed by atoms with E-state index in [1.165, 1.54) is 24.2 Å². The highest BCUT2D eigenvalue weighted by Gasteiger charge is 2.23. The van der Waals surface area contributed by atoms with Crippen LogP contribution < -0.4 is 10.0 Å². The van der Waals surface area contributed by atoms with E-state index in [0.29, 0.717) is 27.2 Å². The summed E-state index contributed by atoms with van der Waals surface area (Å²) in [6.45, 7) is 5.32. The molecular formula is C13H21BrN2O2S2. The Labute approximate surface area is 133 Å². The third-order valence-corrected chi connectivity index (χ3v) is 7.13. The molecule has 0 bridgehead atoms. The van der Waals surface area contributed by atoms with Crippen LogP contribution in [0.25, 0.3) is 0 Å². The van der Waals surface area contributed by atoms with Crippen molar-refractivity contribution in [1.29, 1.82) is 0 Å². The van der Waals surface area contributed by atoms with Gasteiger partial charge < -0.3 is 5.32 Å². The van der Waals surface area contributed by atoms with Gasteiger partial charge in [0.1, 0.15) is 4.90 Å². The van der Waals surface area contributed by atoms with E-state index >= 15 is 0 Å². The molecule has 0 saturated heterocycles. The quantitative estimate of drug-likeness (QED) is 0.728. The second kappa shape index (κ2) is 6.87. The fraction of sp³-hybridized carbons (Fsp3) is 0.692. The summed E-state index contributed by atoms with van der Waals surface area (Å²) in [5.74, 6) is 0.346. The van der Waals surface area contributed by atoms with Crippen molar-refractivity contribution in [3.05, 3.63) is 14.7 Å². The van der Waals surface area contributed by atoms with E-state index in [2.05, 4.69) is 32.9 Å². The van der Waals surface area contributed by atoms with Crippen LogP contribution in [0.1, 0.15) is 38.0 Å². The second-order valence-electron chi connectivity index (χ2n) is 5.37. The van der Waals surface area contributed by atoms with Crippen molar-refractivity contribution in [3.8, 4) is 0 Å². The van der Waals surface area contributed by atoms with Crippen molar-refractivity contribution >= 4 is 37.3 Å². The van der Waals surface area contributed by atoms with Crippen LogP contribution in [0, 0.1) is 5.92 Å². The lowest BCUT2D eigenvalue weighted by Gasteiger charge is -2.10. The van der Waals surface area contributed by atoms with E-state index in [-0.39, 0.29) is 0 Å². The number of halogens is 1. The molecule has 4 nitrogen and oxygen atoms in total. The zero-order chi connectivity index (χ0) is 14.8. The molecule has 114 valence electrons. The van der Waals surface area contributed by atoms with Crippen LogP contribution in [0.3, 0.4) is 0 Å². The molecule has 2 rings (SSSR count). The third-order valence-electron chi connectivity index (χ3n) is 3.46. The summed E-state index contributed by atoms with van der Waals surface area (Å²) in [5.41, 5.74) is 0. The Morgan fingerprint density at radius 1 is 1.50 bits per heavy atom. The van der Waals surface area contributed by atoms with Gasteiger partial charge in [-0.25, -0.2) is 13.1 Å². The molecule has 1 unspecified atom stereocenters. The monoisotopic (exact) mass is 380 g/mol. The van der Waals surface area contributed by atoms with Crippen LogP contribution >= 0.6 is 27.3 Å². The molecule has 0 aromatic carbocycles. The van der Waals surface area contributed by atoms with E-state index < -0.39 is 10.0 Å². The fourth-order valence-electron chi connectivity index (χ4n) is 1.67. The van der Waals surface area contributed by atoms with Crippen molar-refractivity contribution < 1.29 is 8.42 Å². The van der Waals surface area contributed by atoms with Crippen LogP contribution in [0.15, 0.2) is 14.7 Å². The van der Waals surface area contributed by atoms with Gasteiger partial charge in [-0.3, -0.25) is 0 Å². The molecule has 0 amide bonds. The van der Waals surface area contributed by atoms with Gasteiger partial charge in [0.2, 0.25) is 10.0 Å². The molecule has 1 atom stereocenters. The van der Waals surface area contributed by atoms with Crippen molar-refractivity contribution in [1.82, 2.24) is 10.0 Å². The highest BCUT2D eigenvalue weighted by Crippen LogP contribution is 2.32. The van der Waals surface area contributed by atoms with Gasteiger partial charge in [-0.1, -0.05) is 20.3 Å². The molecule has 1 aliphatic carbocycles. The molecule has 0 spiro atoms. The molecule has 0 radical (unpaired) electrons. The van der Waals surface area contributed by atoms with Gasteiger partial charge in [0, 0.05) is 24.0 Å². The molecule has 1 aromatic rings. The molecule has 2 N–H and O–H groups in total. The van der Waals surface area contributed by atoms with Crippen molar-refractivity contribution in [2.24, 2.45) is 5.92 Å². The van der Waals surface area contributed by atoms with E-state index in [1.807, 2.05) is 6.92 Å². The first kappa shape index (κ1) is 16.4. The Morgan fingerprint density at radius 3 is 2.80 bits per heavy atom.